The number of aliphatic imine (C=N–C) groups is 1. The predicted octanol–water partition coefficient (Wildman–Crippen LogP) is 1.97. The molecule has 0 spiro atoms. The zero-order valence-electron chi connectivity index (χ0n) is 10.0. The summed E-state index contributed by atoms with van der Waals surface area (Å²) in [7, 11) is 0. The summed E-state index contributed by atoms with van der Waals surface area (Å²) < 4.78 is 0.183. The molecule has 3 N–H and O–H groups in total. The average molecular weight is 229 g/mol. The van der Waals surface area contributed by atoms with Crippen molar-refractivity contribution < 1.29 is 0 Å². The van der Waals surface area contributed by atoms with Gasteiger partial charge < -0.3 is 11.1 Å². The number of hydrogen-bond donors (Lipinski definition) is 2. The van der Waals surface area contributed by atoms with Gasteiger partial charge in [-0.1, -0.05) is 12.8 Å². The molecule has 1 rings (SSSR count). The van der Waals surface area contributed by atoms with Crippen molar-refractivity contribution in [1.82, 2.24) is 5.32 Å². The number of nitrogens with two attached hydrogens (primary N) is 1. The van der Waals surface area contributed by atoms with Crippen LogP contribution in [0.1, 0.15) is 39.5 Å². The molecule has 4 heteroatoms. The van der Waals surface area contributed by atoms with Gasteiger partial charge in [0.1, 0.15) is 0 Å². The lowest BCUT2D eigenvalue weighted by Gasteiger charge is -2.20. The van der Waals surface area contributed by atoms with E-state index in [1.165, 1.54) is 25.7 Å². The van der Waals surface area contributed by atoms with E-state index in [0.29, 0.717) is 12.0 Å². The second kappa shape index (κ2) is 5.64. The van der Waals surface area contributed by atoms with Crippen LogP contribution in [0.15, 0.2) is 4.99 Å². The molecule has 0 aromatic heterocycles. The molecule has 0 bridgehead atoms. The molecule has 15 heavy (non-hydrogen) atoms. The highest BCUT2D eigenvalue weighted by atomic mass is 32.2. The van der Waals surface area contributed by atoms with E-state index in [2.05, 4.69) is 30.4 Å². The van der Waals surface area contributed by atoms with E-state index >= 15 is 0 Å². The van der Waals surface area contributed by atoms with Crippen LogP contribution < -0.4 is 11.1 Å². The predicted molar refractivity (Wildman–Crippen MR) is 69.5 cm³/mol. The van der Waals surface area contributed by atoms with Crippen LogP contribution in [-0.2, 0) is 0 Å². The lowest BCUT2D eigenvalue weighted by Crippen LogP contribution is -2.39. The first-order valence-electron chi connectivity index (χ1n) is 5.65. The molecule has 3 nitrogen and oxygen atoms in total. The van der Waals surface area contributed by atoms with E-state index < -0.39 is 0 Å². The van der Waals surface area contributed by atoms with Crippen molar-refractivity contribution in [2.45, 2.75) is 50.3 Å². The van der Waals surface area contributed by atoms with Gasteiger partial charge in [-0.15, -0.1) is 0 Å². The van der Waals surface area contributed by atoms with E-state index in [9.17, 15) is 0 Å². The lowest BCUT2D eigenvalue weighted by atomic mass is 10.2. The van der Waals surface area contributed by atoms with Gasteiger partial charge in [0.2, 0.25) is 0 Å². The van der Waals surface area contributed by atoms with Crippen molar-refractivity contribution in [3.8, 4) is 0 Å². The van der Waals surface area contributed by atoms with Crippen LogP contribution in [-0.4, -0.2) is 29.5 Å². The van der Waals surface area contributed by atoms with Gasteiger partial charge in [0, 0.05) is 10.8 Å². The molecular weight excluding hydrogens is 206 g/mol. The third-order valence-electron chi connectivity index (χ3n) is 2.89. The van der Waals surface area contributed by atoms with Crippen molar-refractivity contribution in [3.05, 3.63) is 0 Å². The molecule has 0 aromatic carbocycles. The Bertz CT molecular complexity index is 220. The normalized spacial score (nSPS) is 19.5. The van der Waals surface area contributed by atoms with Gasteiger partial charge in [-0.2, -0.15) is 11.8 Å². The topological polar surface area (TPSA) is 50.4 Å². The van der Waals surface area contributed by atoms with Crippen LogP contribution in [0.4, 0.5) is 0 Å². The molecule has 0 radical (unpaired) electrons. The first-order chi connectivity index (χ1) is 7.03. The minimum atomic E-state index is 0.183. The molecule has 0 saturated heterocycles. The summed E-state index contributed by atoms with van der Waals surface area (Å²) in [5.41, 5.74) is 5.85. The van der Waals surface area contributed by atoms with E-state index in [0.717, 1.165) is 6.54 Å². The zero-order valence-corrected chi connectivity index (χ0v) is 10.9. The van der Waals surface area contributed by atoms with Gasteiger partial charge in [0.25, 0.3) is 0 Å². The fraction of sp³-hybridized carbons (Fsp3) is 0.909. The van der Waals surface area contributed by atoms with E-state index in [1.807, 2.05) is 11.8 Å². The number of hydrogen-bond acceptors (Lipinski definition) is 2. The van der Waals surface area contributed by atoms with E-state index in [1.54, 1.807) is 0 Å². The molecule has 0 aromatic rings. The first kappa shape index (κ1) is 12.7. The molecule has 1 aliphatic rings. The molecule has 0 atom stereocenters. The van der Waals surface area contributed by atoms with Crippen LogP contribution >= 0.6 is 11.8 Å². The van der Waals surface area contributed by atoms with Gasteiger partial charge in [-0.25, -0.2) is 0 Å². The fourth-order valence-corrected chi connectivity index (χ4v) is 1.86. The standard InChI is InChI=1S/C11H23N3S/c1-11(2,15-3)8-13-10(12)14-9-6-4-5-7-9/h9H,4-8H2,1-3H3,(H3,12,13,14). The van der Waals surface area contributed by atoms with Crippen LogP contribution in [0.3, 0.4) is 0 Å². The maximum Gasteiger partial charge on any atom is 0.188 e. The van der Waals surface area contributed by atoms with Gasteiger partial charge in [0.05, 0.1) is 6.54 Å². The Morgan fingerprint density at radius 1 is 1.47 bits per heavy atom. The number of rotatable bonds is 4. The zero-order chi connectivity index (χ0) is 11.3. The van der Waals surface area contributed by atoms with Crippen molar-refractivity contribution in [1.29, 1.82) is 0 Å². The van der Waals surface area contributed by atoms with Crippen LogP contribution in [0.2, 0.25) is 0 Å². The van der Waals surface area contributed by atoms with Crippen molar-refractivity contribution in [2.24, 2.45) is 10.7 Å². The minimum absolute atomic E-state index is 0.183. The Labute approximate surface area is 97.3 Å². The summed E-state index contributed by atoms with van der Waals surface area (Å²) in [6.07, 6.45) is 7.23. The summed E-state index contributed by atoms with van der Waals surface area (Å²) in [6.45, 7) is 5.15. The smallest absolute Gasteiger partial charge is 0.188 e. The highest BCUT2D eigenvalue weighted by Crippen LogP contribution is 2.21. The fourth-order valence-electron chi connectivity index (χ4n) is 1.67. The first-order valence-corrected chi connectivity index (χ1v) is 6.87. The Kier molecular flexibility index (Phi) is 4.77. The Balaban J connectivity index is 2.32. The number of nitrogens with zero attached hydrogens (tertiary/aromatic N) is 1. The van der Waals surface area contributed by atoms with Crippen LogP contribution in [0, 0.1) is 0 Å². The SMILES string of the molecule is CSC(C)(C)CN=C(N)NC1CCCC1. The average Bonchev–Trinajstić information content (AvgIpc) is 2.68. The minimum Gasteiger partial charge on any atom is -0.370 e. The molecule has 1 saturated carbocycles. The summed E-state index contributed by atoms with van der Waals surface area (Å²) in [4.78, 5) is 4.39. The molecule has 0 aliphatic heterocycles. The highest BCUT2D eigenvalue weighted by molar-refractivity contribution is 7.99. The van der Waals surface area contributed by atoms with Crippen molar-refractivity contribution in [2.75, 3.05) is 12.8 Å². The molecule has 1 aliphatic carbocycles. The van der Waals surface area contributed by atoms with Gasteiger partial charge in [-0.05, 0) is 32.9 Å². The third-order valence-corrected chi connectivity index (χ3v) is 4.12. The summed E-state index contributed by atoms with van der Waals surface area (Å²) in [5.74, 6) is 0.615. The highest BCUT2D eigenvalue weighted by Gasteiger charge is 2.17. The van der Waals surface area contributed by atoms with E-state index in [-0.39, 0.29) is 4.75 Å². The summed E-state index contributed by atoms with van der Waals surface area (Å²) in [5, 5.41) is 3.29. The quantitative estimate of drug-likeness (QED) is 0.572. The monoisotopic (exact) mass is 229 g/mol. The molecular formula is C11H23N3S. The number of thioether (sulfide) groups is 1. The Morgan fingerprint density at radius 3 is 2.60 bits per heavy atom. The maximum atomic E-state index is 5.85. The van der Waals surface area contributed by atoms with Crippen molar-refractivity contribution >= 4 is 17.7 Å². The van der Waals surface area contributed by atoms with Crippen LogP contribution in [0.5, 0.6) is 0 Å². The summed E-state index contributed by atoms with van der Waals surface area (Å²) in [6, 6.07) is 0.561. The maximum absolute atomic E-state index is 5.85. The summed E-state index contributed by atoms with van der Waals surface area (Å²) >= 11 is 1.82. The molecule has 88 valence electrons. The Hall–Kier alpha value is -0.380. The second-order valence-electron chi connectivity index (χ2n) is 4.79. The van der Waals surface area contributed by atoms with Crippen LogP contribution in [0.25, 0.3) is 0 Å². The van der Waals surface area contributed by atoms with E-state index in [4.69, 9.17) is 5.73 Å². The lowest BCUT2D eigenvalue weighted by molar-refractivity contribution is 0.621. The van der Waals surface area contributed by atoms with Crippen molar-refractivity contribution in [3.63, 3.8) is 0 Å². The van der Waals surface area contributed by atoms with Gasteiger partial charge in [-0.3, -0.25) is 4.99 Å². The number of nitrogens with one attached hydrogen (secondary N) is 1. The van der Waals surface area contributed by atoms with Gasteiger partial charge in [0.15, 0.2) is 5.96 Å². The molecule has 1 fully saturated rings. The molecule has 0 unspecified atom stereocenters. The number of guanidine groups is 1. The third kappa shape index (κ3) is 4.78. The second-order valence-corrected chi connectivity index (χ2v) is 6.30. The van der Waals surface area contributed by atoms with Gasteiger partial charge >= 0.3 is 0 Å². The Morgan fingerprint density at radius 2 is 2.07 bits per heavy atom. The largest absolute Gasteiger partial charge is 0.370 e. The molecule has 0 heterocycles. The molecule has 0 amide bonds.